The number of amides is 1. The summed E-state index contributed by atoms with van der Waals surface area (Å²) in [5.41, 5.74) is 4.46. The van der Waals surface area contributed by atoms with Gasteiger partial charge in [0.2, 0.25) is 5.91 Å². The van der Waals surface area contributed by atoms with E-state index in [-0.39, 0.29) is 11.9 Å². The van der Waals surface area contributed by atoms with Crippen LogP contribution < -0.4 is 0 Å². The van der Waals surface area contributed by atoms with Crippen LogP contribution in [0.15, 0.2) is 48.5 Å². The number of nitrogens with zero attached hydrogens (tertiary/aromatic N) is 6. The maximum atomic E-state index is 13.2. The second-order valence-electron chi connectivity index (χ2n) is 8.64. The number of hydrogen-bond acceptors (Lipinski definition) is 6. The van der Waals surface area contributed by atoms with Crippen LogP contribution in [0, 0.1) is 18.4 Å². The molecule has 0 aliphatic carbocycles. The fourth-order valence-corrected chi connectivity index (χ4v) is 4.76. The van der Waals surface area contributed by atoms with Gasteiger partial charge in [-0.3, -0.25) is 14.8 Å². The molecule has 0 bridgehead atoms. The minimum absolute atomic E-state index is 0.135. The summed E-state index contributed by atoms with van der Waals surface area (Å²) in [5.74, 6) is 1.60. The molecule has 1 aromatic heterocycles. The van der Waals surface area contributed by atoms with Crippen LogP contribution in [0.4, 0.5) is 0 Å². The summed E-state index contributed by atoms with van der Waals surface area (Å²) in [6, 6.07) is 16.4. The minimum Gasteiger partial charge on any atom is -0.340 e. The topological polar surface area (TPSA) is 92.2 Å². The van der Waals surface area contributed by atoms with E-state index in [1.165, 1.54) is 5.56 Å². The van der Waals surface area contributed by atoms with E-state index in [0.29, 0.717) is 25.5 Å². The average Bonchev–Trinajstić information content (AvgIpc) is 3.30. The van der Waals surface area contributed by atoms with Crippen LogP contribution in [0.3, 0.4) is 0 Å². The molecule has 0 unspecified atom stereocenters. The Kier molecular flexibility index (Phi) is 5.80. The highest BCUT2D eigenvalue weighted by molar-refractivity contribution is 5.83. The standard InChI is InChI=1S/C25H27N7O/c1-18-27-24(29-28-18)21-8-7-20(22(15-21)19-5-3-2-4-6-19)9-10-32-14-13-31-12-11-30(17-26)16-23(31)25(32)33/h2-8,15,23H,9-14,16H2,1H3,(H,27,28,29)/t23-/m1/s1. The lowest BCUT2D eigenvalue weighted by atomic mass is 9.95. The molecule has 2 aromatic carbocycles. The molecule has 0 radical (unpaired) electrons. The van der Waals surface area contributed by atoms with E-state index < -0.39 is 0 Å². The number of carbonyl (C=O) groups excluding carboxylic acids is 1. The second kappa shape index (κ2) is 9.04. The molecule has 3 aromatic rings. The Morgan fingerprint density at radius 1 is 1.09 bits per heavy atom. The van der Waals surface area contributed by atoms with Gasteiger partial charge in [-0.15, -0.1) is 0 Å². The highest BCUT2D eigenvalue weighted by Gasteiger charge is 2.38. The number of benzene rings is 2. The second-order valence-corrected chi connectivity index (χ2v) is 8.64. The van der Waals surface area contributed by atoms with Gasteiger partial charge in [-0.25, -0.2) is 4.98 Å². The molecular weight excluding hydrogens is 414 g/mol. The Hall–Kier alpha value is -3.70. The van der Waals surface area contributed by atoms with Crippen LogP contribution in [-0.2, 0) is 11.2 Å². The highest BCUT2D eigenvalue weighted by Crippen LogP contribution is 2.29. The number of aryl methyl sites for hydroxylation is 1. The Labute approximate surface area is 193 Å². The fraction of sp³-hybridized carbons (Fsp3) is 0.360. The summed E-state index contributed by atoms with van der Waals surface area (Å²) in [6.07, 6.45) is 2.96. The van der Waals surface area contributed by atoms with E-state index in [9.17, 15) is 10.1 Å². The molecule has 3 heterocycles. The van der Waals surface area contributed by atoms with Crippen molar-refractivity contribution < 1.29 is 4.79 Å². The molecule has 2 aliphatic rings. The predicted molar refractivity (Wildman–Crippen MR) is 125 cm³/mol. The molecule has 5 rings (SSSR count). The zero-order chi connectivity index (χ0) is 22.8. The molecule has 0 spiro atoms. The third-order valence-corrected chi connectivity index (χ3v) is 6.60. The summed E-state index contributed by atoms with van der Waals surface area (Å²) in [4.78, 5) is 23.5. The lowest BCUT2D eigenvalue weighted by molar-refractivity contribution is -0.144. The molecule has 0 saturated carbocycles. The zero-order valence-corrected chi connectivity index (χ0v) is 18.7. The van der Waals surface area contributed by atoms with Gasteiger partial charge in [0, 0.05) is 38.3 Å². The van der Waals surface area contributed by atoms with Crippen molar-refractivity contribution in [3.63, 3.8) is 0 Å². The van der Waals surface area contributed by atoms with Crippen molar-refractivity contribution in [2.24, 2.45) is 0 Å². The van der Waals surface area contributed by atoms with Crippen molar-refractivity contribution in [1.29, 1.82) is 5.26 Å². The van der Waals surface area contributed by atoms with Gasteiger partial charge in [0.05, 0.1) is 6.54 Å². The minimum atomic E-state index is -0.210. The zero-order valence-electron chi connectivity index (χ0n) is 18.7. The average molecular weight is 442 g/mol. The first kappa shape index (κ1) is 21.2. The normalized spacial score (nSPS) is 18.8. The number of hydrogen-bond donors (Lipinski definition) is 1. The number of piperazine rings is 2. The summed E-state index contributed by atoms with van der Waals surface area (Å²) < 4.78 is 0. The van der Waals surface area contributed by atoms with Crippen molar-refractivity contribution in [3.8, 4) is 28.7 Å². The summed E-state index contributed by atoms with van der Waals surface area (Å²) >= 11 is 0. The molecule has 8 heteroatoms. The van der Waals surface area contributed by atoms with Crippen LogP contribution in [-0.4, -0.2) is 81.1 Å². The third kappa shape index (κ3) is 4.32. The third-order valence-electron chi connectivity index (χ3n) is 6.60. The number of nitriles is 1. The molecule has 2 saturated heterocycles. The van der Waals surface area contributed by atoms with E-state index in [1.807, 2.05) is 30.0 Å². The van der Waals surface area contributed by atoms with Crippen molar-refractivity contribution in [1.82, 2.24) is 29.9 Å². The number of rotatable bonds is 5. The quantitative estimate of drug-likeness (QED) is 0.611. The summed E-state index contributed by atoms with van der Waals surface area (Å²) in [6.45, 7) is 6.10. The number of nitrogens with one attached hydrogen (secondary N) is 1. The maximum absolute atomic E-state index is 13.2. The summed E-state index contributed by atoms with van der Waals surface area (Å²) in [5, 5.41) is 16.4. The van der Waals surface area contributed by atoms with E-state index in [0.717, 1.165) is 48.6 Å². The van der Waals surface area contributed by atoms with Gasteiger partial charge in [-0.05, 0) is 36.1 Å². The van der Waals surface area contributed by atoms with Crippen molar-refractivity contribution in [2.45, 2.75) is 19.4 Å². The molecule has 33 heavy (non-hydrogen) atoms. The Morgan fingerprint density at radius 3 is 2.67 bits per heavy atom. The van der Waals surface area contributed by atoms with Gasteiger partial charge in [-0.2, -0.15) is 10.4 Å². The van der Waals surface area contributed by atoms with E-state index >= 15 is 0 Å². The Morgan fingerprint density at radius 2 is 1.91 bits per heavy atom. The van der Waals surface area contributed by atoms with Crippen molar-refractivity contribution in [3.05, 3.63) is 59.9 Å². The van der Waals surface area contributed by atoms with Crippen LogP contribution in [0.5, 0.6) is 0 Å². The number of H-pyrrole nitrogens is 1. The Balaban J connectivity index is 1.37. The van der Waals surface area contributed by atoms with E-state index in [1.54, 1.807) is 4.90 Å². The molecule has 2 fully saturated rings. The lowest BCUT2D eigenvalue weighted by Crippen LogP contribution is -2.64. The van der Waals surface area contributed by atoms with E-state index in [4.69, 9.17) is 0 Å². The number of aromatic nitrogens is 3. The van der Waals surface area contributed by atoms with Gasteiger partial charge in [0.25, 0.3) is 0 Å². The first-order valence-electron chi connectivity index (χ1n) is 11.4. The van der Waals surface area contributed by atoms with Crippen LogP contribution in [0.1, 0.15) is 11.4 Å². The van der Waals surface area contributed by atoms with E-state index in [2.05, 4.69) is 56.6 Å². The van der Waals surface area contributed by atoms with Gasteiger partial charge >= 0.3 is 0 Å². The van der Waals surface area contributed by atoms with Gasteiger partial charge < -0.3 is 9.80 Å². The van der Waals surface area contributed by atoms with Crippen molar-refractivity contribution >= 4 is 5.91 Å². The first-order chi connectivity index (χ1) is 16.1. The van der Waals surface area contributed by atoms with Gasteiger partial charge in [-0.1, -0.05) is 42.5 Å². The lowest BCUT2D eigenvalue weighted by Gasteiger charge is -2.45. The SMILES string of the molecule is Cc1n[nH]c(-c2ccc(CCN3CCN4CCN(C#N)C[C@@H]4C3=O)c(-c3ccccc3)c2)n1. The molecule has 1 amide bonds. The molecule has 8 nitrogen and oxygen atoms in total. The predicted octanol–water partition coefficient (Wildman–Crippen LogP) is 2.30. The van der Waals surface area contributed by atoms with Gasteiger partial charge in [0.15, 0.2) is 12.0 Å². The van der Waals surface area contributed by atoms with Crippen LogP contribution in [0.25, 0.3) is 22.5 Å². The maximum Gasteiger partial charge on any atom is 0.241 e. The first-order valence-corrected chi connectivity index (χ1v) is 11.4. The molecule has 1 atom stereocenters. The summed E-state index contributed by atoms with van der Waals surface area (Å²) in [7, 11) is 0. The van der Waals surface area contributed by atoms with Gasteiger partial charge in [0.1, 0.15) is 11.9 Å². The molecule has 1 N–H and O–H groups in total. The molecular formula is C25H27N7O. The number of fused-ring (bicyclic) bond motifs is 1. The molecule has 168 valence electrons. The fourth-order valence-electron chi connectivity index (χ4n) is 4.76. The Bertz CT molecular complexity index is 1180. The number of carbonyl (C=O) groups is 1. The van der Waals surface area contributed by atoms with Crippen LogP contribution >= 0.6 is 0 Å². The highest BCUT2D eigenvalue weighted by atomic mass is 16.2. The van der Waals surface area contributed by atoms with Crippen LogP contribution in [0.2, 0.25) is 0 Å². The number of aromatic amines is 1. The molecule has 2 aliphatic heterocycles. The smallest absolute Gasteiger partial charge is 0.241 e. The monoisotopic (exact) mass is 441 g/mol. The van der Waals surface area contributed by atoms with Crippen molar-refractivity contribution in [2.75, 3.05) is 39.3 Å². The largest absolute Gasteiger partial charge is 0.340 e.